The van der Waals surface area contributed by atoms with Gasteiger partial charge in [-0.2, -0.15) is 0 Å². The molecule has 0 aliphatic rings. The molecule has 0 rings (SSSR count). The van der Waals surface area contributed by atoms with Gasteiger partial charge >= 0.3 is 5.97 Å². The summed E-state index contributed by atoms with van der Waals surface area (Å²) in [6, 6.07) is 0. The summed E-state index contributed by atoms with van der Waals surface area (Å²) < 4.78 is 5.43. The number of allylic oxidation sites excluding steroid dienone is 2. The Kier molecular flexibility index (Phi) is 33.7. The number of unbranched alkanes of at least 4 members (excludes halogenated alkanes) is 25. The van der Waals surface area contributed by atoms with Gasteiger partial charge < -0.3 is 4.74 Å². The van der Waals surface area contributed by atoms with Crippen molar-refractivity contribution in [1.82, 2.24) is 0 Å². The molecule has 0 aliphatic heterocycles. The van der Waals surface area contributed by atoms with E-state index in [9.17, 15) is 4.79 Å². The lowest BCUT2D eigenvalue weighted by Crippen LogP contribution is -2.05. The van der Waals surface area contributed by atoms with Crippen molar-refractivity contribution < 1.29 is 9.53 Å². The largest absolute Gasteiger partial charge is 0.466 e. The topological polar surface area (TPSA) is 26.3 Å². The standard InChI is InChI=1S/C38H74O2/c1-4-5-6-7-8-9-10-11-12-13-14-15-16-17-18-19-20-23-26-29-32-35-38(39)40-36-33-30-27-24-21-22-25-28-31-34-37(2)3/h11-12,37H,4-10,13-36H2,1-3H3. The molecule has 0 unspecified atom stereocenters. The quantitative estimate of drug-likeness (QED) is 0.0451. The monoisotopic (exact) mass is 563 g/mol. The van der Waals surface area contributed by atoms with Crippen LogP contribution in [0.15, 0.2) is 12.2 Å². The summed E-state index contributed by atoms with van der Waals surface area (Å²) in [6.07, 6.45) is 44.2. The molecule has 40 heavy (non-hydrogen) atoms. The zero-order valence-electron chi connectivity index (χ0n) is 28.0. The fraction of sp³-hybridized carbons (Fsp3) is 0.921. The maximum absolute atomic E-state index is 11.9. The number of rotatable bonds is 33. The van der Waals surface area contributed by atoms with Crippen LogP contribution in [0.5, 0.6) is 0 Å². The Hall–Kier alpha value is -0.790. The van der Waals surface area contributed by atoms with Crippen molar-refractivity contribution in [2.75, 3.05) is 6.61 Å². The third-order valence-electron chi connectivity index (χ3n) is 8.33. The van der Waals surface area contributed by atoms with E-state index in [-0.39, 0.29) is 5.97 Å². The van der Waals surface area contributed by atoms with Gasteiger partial charge in [0.05, 0.1) is 6.61 Å². The second-order valence-corrected chi connectivity index (χ2v) is 13.0. The van der Waals surface area contributed by atoms with E-state index in [1.165, 1.54) is 173 Å². The molecule has 0 bridgehead atoms. The third-order valence-corrected chi connectivity index (χ3v) is 8.33. The second-order valence-electron chi connectivity index (χ2n) is 13.0. The predicted molar refractivity (Wildman–Crippen MR) is 179 cm³/mol. The summed E-state index contributed by atoms with van der Waals surface area (Å²) in [5.41, 5.74) is 0. The molecule has 0 N–H and O–H groups in total. The van der Waals surface area contributed by atoms with Gasteiger partial charge in [-0.3, -0.25) is 4.79 Å². The van der Waals surface area contributed by atoms with Gasteiger partial charge in [0.1, 0.15) is 0 Å². The number of hydrogen-bond acceptors (Lipinski definition) is 2. The van der Waals surface area contributed by atoms with Crippen LogP contribution in [-0.2, 0) is 9.53 Å². The Morgan fingerprint density at radius 1 is 0.500 bits per heavy atom. The molecular weight excluding hydrogens is 488 g/mol. The van der Waals surface area contributed by atoms with Gasteiger partial charge in [-0.15, -0.1) is 0 Å². The number of hydrogen-bond donors (Lipinski definition) is 0. The van der Waals surface area contributed by atoms with Crippen molar-refractivity contribution in [3.05, 3.63) is 12.2 Å². The fourth-order valence-electron chi connectivity index (χ4n) is 5.55. The van der Waals surface area contributed by atoms with Crippen molar-refractivity contribution >= 4 is 5.97 Å². The fourth-order valence-corrected chi connectivity index (χ4v) is 5.55. The highest BCUT2D eigenvalue weighted by molar-refractivity contribution is 5.69. The van der Waals surface area contributed by atoms with E-state index < -0.39 is 0 Å². The highest BCUT2D eigenvalue weighted by Crippen LogP contribution is 2.15. The number of ether oxygens (including phenoxy) is 1. The summed E-state index contributed by atoms with van der Waals surface area (Å²) in [7, 11) is 0. The molecule has 0 radical (unpaired) electrons. The summed E-state index contributed by atoms with van der Waals surface area (Å²) in [6.45, 7) is 7.55. The van der Waals surface area contributed by atoms with Crippen LogP contribution >= 0.6 is 0 Å². The summed E-state index contributed by atoms with van der Waals surface area (Å²) in [5.74, 6) is 0.880. The van der Waals surface area contributed by atoms with Gasteiger partial charge in [-0.05, 0) is 44.4 Å². The van der Waals surface area contributed by atoms with Gasteiger partial charge in [0, 0.05) is 6.42 Å². The average Bonchev–Trinajstić information content (AvgIpc) is 2.94. The van der Waals surface area contributed by atoms with Gasteiger partial charge in [0.25, 0.3) is 0 Å². The van der Waals surface area contributed by atoms with Crippen LogP contribution in [0.2, 0.25) is 0 Å². The first-order valence-electron chi connectivity index (χ1n) is 18.5. The van der Waals surface area contributed by atoms with E-state index in [0.717, 1.165) is 18.8 Å². The summed E-state index contributed by atoms with van der Waals surface area (Å²) >= 11 is 0. The van der Waals surface area contributed by atoms with Gasteiger partial charge in [0.15, 0.2) is 0 Å². The lowest BCUT2D eigenvalue weighted by atomic mass is 10.0. The first-order chi connectivity index (χ1) is 19.7. The van der Waals surface area contributed by atoms with E-state index in [2.05, 4.69) is 32.9 Å². The molecule has 0 aromatic rings. The van der Waals surface area contributed by atoms with Crippen molar-refractivity contribution in [3.63, 3.8) is 0 Å². The van der Waals surface area contributed by atoms with E-state index in [0.29, 0.717) is 13.0 Å². The van der Waals surface area contributed by atoms with E-state index in [4.69, 9.17) is 4.74 Å². The minimum Gasteiger partial charge on any atom is -0.466 e. The zero-order valence-corrected chi connectivity index (χ0v) is 28.0. The smallest absolute Gasteiger partial charge is 0.305 e. The number of carbonyl (C=O) groups excluding carboxylic acids is 1. The Morgan fingerprint density at radius 2 is 0.875 bits per heavy atom. The molecule has 0 saturated carbocycles. The molecule has 2 nitrogen and oxygen atoms in total. The molecule has 0 amide bonds. The predicted octanol–water partition coefficient (Wildman–Crippen LogP) is 13.5. The van der Waals surface area contributed by atoms with Crippen LogP contribution in [0.1, 0.15) is 213 Å². The lowest BCUT2D eigenvalue weighted by Gasteiger charge is -2.06. The average molecular weight is 563 g/mol. The van der Waals surface area contributed by atoms with Crippen molar-refractivity contribution in [3.8, 4) is 0 Å². The van der Waals surface area contributed by atoms with Crippen molar-refractivity contribution in [2.24, 2.45) is 5.92 Å². The molecule has 2 heteroatoms. The molecule has 0 fully saturated rings. The molecule has 238 valence electrons. The molecule has 0 aliphatic carbocycles. The minimum atomic E-state index is 0.0229. The van der Waals surface area contributed by atoms with Crippen LogP contribution in [0.4, 0.5) is 0 Å². The van der Waals surface area contributed by atoms with Crippen molar-refractivity contribution in [1.29, 1.82) is 0 Å². The molecule has 0 atom stereocenters. The Morgan fingerprint density at radius 3 is 1.32 bits per heavy atom. The lowest BCUT2D eigenvalue weighted by molar-refractivity contribution is -0.143. The van der Waals surface area contributed by atoms with Crippen LogP contribution in [0.3, 0.4) is 0 Å². The zero-order chi connectivity index (χ0) is 29.2. The third kappa shape index (κ3) is 35.2. The van der Waals surface area contributed by atoms with E-state index in [1.54, 1.807) is 0 Å². The normalized spacial score (nSPS) is 11.7. The van der Waals surface area contributed by atoms with Gasteiger partial charge in [-0.1, -0.05) is 181 Å². The molecule has 0 spiro atoms. The van der Waals surface area contributed by atoms with E-state index in [1.807, 2.05) is 0 Å². The van der Waals surface area contributed by atoms with Crippen LogP contribution < -0.4 is 0 Å². The number of carbonyl (C=O) groups is 1. The SMILES string of the molecule is CCCCCCCCC=CCCCCCCCCCCCCCC(=O)OCCCCCCCCCCCC(C)C. The maximum Gasteiger partial charge on any atom is 0.305 e. The van der Waals surface area contributed by atoms with Gasteiger partial charge in [-0.25, -0.2) is 0 Å². The maximum atomic E-state index is 11.9. The second kappa shape index (κ2) is 34.4. The van der Waals surface area contributed by atoms with Crippen LogP contribution in [0.25, 0.3) is 0 Å². The van der Waals surface area contributed by atoms with E-state index >= 15 is 0 Å². The molecule has 0 aromatic carbocycles. The van der Waals surface area contributed by atoms with Gasteiger partial charge in [0.2, 0.25) is 0 Å². The highest BCUT2D eigenvalue weighted by atomic mass is 16.5. The van der Waals surface area contributed by atoms with Crippen molar-refractivity contribution in [2.45, 2.75) is 213 Å². The molecular formula is C38H74O2. The Balaban J connectivity index is 3.18. The van der Waals surface area contributed by atoms with Crippen LogP contribution in [0, 0.1) is 5.92 Å². The minimum absolute atomic E-state index is 0.0229. The Labute approximate surface area is 253 Å². The summed E-state index contributed by atoms with van der Waals surface area (Å²) in [4.78, 5) is 11.9. The van der Waals surface area contributed by atoms with Crippen LogP contribution in [-0.4, -0.2) is 12.6 Å². The molecule has 0 aromatic heterocycles. The first kappa shape index (κ1) is 39.2. The highest BCUT2D eigenvalue weighted by Gasteiger charge is 2.03. The molecule has 0 heterocycles. The molecule has 0 saturated heterocycles. The Bertz CT molecular complexity index is 510. The first-order valence-corrected chi connectivity index (χ1v) is 18.5. The number of esters is 1. The summed E-state index contributed by atoms with van der Waals surface area (Å²) in [5, 5.41) is 0.